The number of halogens is 1. The number of carbonyl (C=O) groups is 1. The number of carbonyl (C=O) groups excluding carboxylic acids is 1. The first kappa shape index (κ1) is 18.5. The molecular formula is C20H13ClN2O4S2. The lowest BCUT2D eigenvalue weighted by Crippen LogP contribution is -2.27. The third kappa shape index (κ3) is 3.48. The van der Waals surface area contributed by atoms with Gasteiger partial charge >= 0.3 is 0 Å². The summed E-state index contributed by atoms with van der Waals surface area (Å²) < 4.78 is 17.0. The molecule has 4 heterocycles. The van der Waals surface area contributed by atoms with Gasteiger partial charge in [-0.3, -0.25) is 9.69 Å². The van der Waals surface area contributed by atoms with E-state index >= 15 is 0 Å². The highest BCUT2D eigenvalue weighted by Gasteiger charge is 2.32. The molecule has 0 N–H and O–H groups in total. The Hall–Kier alpha value is -2.55. The van der Waals surface area contributed by atoms with Crippen molar-refractivity contribution in [3.63, 3.8) is 0 Å². The summed E-state index contributed by atoms with van der Waals surface area (Å²) in [7, 11) is 0. The Kier molecular flexibility index (Phi) is 4.69. The number of pyridine rings is 1. The molecule has 0 saturated carbocycles. The van der Waals surface area contributed by atoms with E-state index in [9.17, 15) is 4.79 Å². The molecule has 1 amide bonds. The molecule has 6 nitrogen and oxygen atoms in total. The minimum Gasteiger partial charge on any atom is -0.486 e. The molecule has 0 radical (unpaired) electrons. The molecule has 9 heteroatoms. The predicted molar refractivity (Wildman–Crippen MR) is 115 cm³/mol. The number of furan rings is 1. The molecule has 1 saturated heterocycles. The number of benzene rings is 1. The third-order valence-corrected chi connectivity index (χ3v) is 6.19. The Morgan fingerprint density at radius 3 is 2.79 bits per heavy atom. The van der Waals surface area contributed by atoms with E-state index in [1.165, 1.54) is 16.7 Å². The van der Waals surface area contributed by atoms with Crippen LogP contribution in [0.1, 0.15) is 11.3 Å². The maximum Gasteiger partial charge on any atom is 0.266 e. The van der Waals surface area contributed by atoms with E-state index in [1.807, 2.05) is 18.2 Å². The molecule has 0 bridgehead atoms. The maximum atomic E-state index is 12.8. The van der Waals surface area contributed by atoms with E-state index in [0.717, 1.165) is 5.39 Å². The van der Waals surface area contributed by atoms with Crippen LogP contribution in [0.3, 0.4) is 0 Å². The standard InChI is InChI=1S/C20H13ClN2O4S2/c21-18-12(6-11-7-15-16(9-14(11)22-18)27-5-4-26-15)8-17-19(24)23(20(28)29-17)10-13-2-1-3-25-13/h1-3,6-9H,4-5,10H2/b17-8-. The number of hydrogen-bond acceptors (Lipinski definition) is 7. The molecule has 1 aromatic carbocycles. The summed E-state index contributed by atoms with van der Waals surface area (Å²) in [6.07, 6.45) is 3.28. The molecule has 29 heavy (non-hydrogen) atoms. The highest BCUT2D eigenvalue weighted by Crippen LogP contribution is 2.37. The van der Waals surface area contributed by atoms with Crippen molar-refractivity contribution in [2.24, 2.45) is 0 Å². The van der Waals surface area contributed by atoms with E-state index < -0.39 is 0 Å². The molecule has 2 aliphatic rings. The number of ether oxygens (including phenoxy) is 2. The van der Waals surface area contributed by atoms with Crippen LogP contribution in [0.5, 0.6) is 11.5 Å². The number of thioether (sulfide) groups is 1. The van der Waals surface area contributed by atoms with E-state index in [0.29, 0.717) is 62.5 Å². The summed E-state index contributed by atoms with van der Waals surface area (Å²) in [6.45, 7) is 1.30. The zero-order valence-electron chi connectivity index (χ0n) is 14.9. The Morgan fingerprint density at radius 2 is 2.03 bits per heavy atom. The Balaban J connectivity index is 1.48. The van der Waals surface area contributed by atoms with Gasteiger partial charge in [-0.1, -0.05) is 35.6 Å². The number of aromatic nitrogens is 1. The minimum atomic E-state index is -0.185. The molecule has 5 rings (SSSR count). The first-order valence-corrected chi connectivity index (χ1v) is 10.4. The SMILES string of the molecule is O=C1/C(=C/c2cc3cc4c(cc3nc2Cl)OCCO4)SC(=S)N1Cc1ccco1. The summed E-state index contributed by atoms with van der Waals surface area (Å²) in [5, 5.41) is 1.14. The molecule has 1 fully saturated rings. The number of amides is 1. The van der Waals surface area contributed by atoms with Crippen molar-refractivity contribution in [2.45, 2.75) is 6.54 Å². The van der Waals surface area contributed by atoms with Gasteiger partial charge in [-0.25, -0.2) is 4.98 Å². The van der Waals surface area contributed by atoms with Crippen LogP contribution in [0.25, 0.3) is 17.0 Å². The summed E-state index contributed by atoms with van der Waals surface area (Å²) in [4.78, 5) is 19.3. The second-order valence-corrected chi connectivity index (χ2v) is 8.44. The fraction of sp³-hybridized carbons (Fsp3) is 0.150. The Bertz CT molecular complexity index is 1180. The van der Waals surface area contributed by atoms with Gasteiger partial charge < -0.3 is 13.9 Å². The van der Waals surface area contributed by atoms with E-state index in [1.54, 1.807) is 24.5 Å². The van der Waals surface area contributed by atoms with Gasteiger partial charge in [0.15, 0.2) is 11.5 Å². The van der Waals surface area contributed by atoms with Gasteiger partial charge in [-0.15, -0.1) is 0 Å². The molecule has 3 aromatic rings. The summed E-state index contributed by atoms with van der Waals surface area (Å²) in [5.41, 5.74) is 1.33. The molecule has 0 aliphatic carbocycles. The van der Waals surface area contributed by atoms with Crippen molar-refractivity contribution in [1.82, 2.24) is 9.88 Å². The van der Waals surface area contributed by atoms with Crippen molar-refractivity contribution < 1.29 is 18.7 Å². The molecule has 2 aliphatic heterocycles. The summed E-state index contributed by atoms with van der Waals surface area (Å²) in [6, 6.07) is 9.13. The molecular weight excluding hydrogens is 432 g/mol. The average Bonchev–Trinajstić information content (AvgIpc) is 3.31. The number of thiocarbonyl (C=S) groups is 1. The first-order valence-electron chi connectivity index (χ1n) is 8.76. The number of hydrogen-bond donors (Lipinski definition) is 0. The van der Waals surface area contributed by atoms with Crippen LogP contribution in [0.2, 0.25) is 5.15 Å². The monoisotopic (exact) mass is 444 g/mol. The third-order valence-electron chi connectivity index (χ3n) is 4.51. The lowest BCUT2D eigenvalue weighted by molar-refractivity contribution is -0.122. The fourth-order valence-electron chi connectivity index (χ4n) is 3.14. The zero-order chi connectivity index (χ0) is 20.0. The van der Waals surface area contributed by atoms with Gasteiger partial charge in [-0.05, 0) is 30.3 Å². The van der Waals surface area contributed by atoms with Gasteiger partial charge in [0.05, 0.1) is 23.2 Å². The zero-order valence-corrected chi connectivity index (χ0v) is 17.3. The lowest BCUT2D eigenvalue weighted by Gasteiger charge is -2.18. The quantitative estimate of drug-likeness (QED) is 0.331. The average molecular weight is 445 g/mol. The van der Waals surface area contributed by atoms with Gasteiger partial charge in [-0.2, -0.15) is 0 Å². The van der Waals surface area contributed by atoms with Crippen molar-refractivity contribution in [3.05, 3.63) is 58.0 Å². The first-order chi connectivity index (χ1) is 14.1. The van der Waals surface area contributed by atoms with Crippen molar-refractivity contribution in [2.75, 3.05) is 13.2 Å². The van der Waals surface area contributed by atoms with Crippen LogP contribution in [0.15, 0.2) is 45.9 Å². The van der Waals surface area contributed by atoms with Gasteiger partial charge in [0.25, 0.3) is 5.91 Å². The number of rotatable bonds is 3. The molecule has 0 atom stereocenters. The predicted octanol–water partition coefficient (Wildman–Crippen LogP) is 4.65. The van der Waals surface area contributed by atoms with Crippen LogP contribution in [0.4, 0.5) is 0 Å². The lowest BCUT2D eigenvalue weighted by atomic mass is 10.1. The van der Waals surface area contributed by atoms with Crippen LogP contribution in [-0.4, -0.2) is 33.3 Å². The smallest absolute Gasteiger partial charge is 0.266 e. The van der Waals surface area contributed by atoms with Crippen LogP contribution in [0, 0.1) is 0 Å². The minimum absolute atomic E-state index is 0.185. The van der Waals surface area contributed by atoms with Crippen LogP contribution < -0.4 is 9.47 Å². The van der Waals surface area contributed by atoms with Crippen molar-refractivity contribution in [3.8, 4) is 11.5 Å². The number of fused-ring (bicyclic) bond motifs is 2. The van der Waals surface area contributed by atoms with E-state index in [4.69, 9.17) is 37.7 Å². The maximum absolute atomic E-state index is 12.8. The second-order valence-electron chi connectivity index (χ2n) is 6.40. The fourth-order valence-corrected chi connectivity index (χ4v) is 4.59. The molecule has 0 spiro atoms. The van der Waals surface area contributed by atoms with E-state index in [-0.39, 0.29) is 5.91 Å². The topological polar surface area (TPSA) is 64.8 Å². The van der Waals surface area contributed by atoms with Gasteiger partial charge in [0.1, 0.15) is 28.4 Å². The van der Waals surface area contributed by atoms with Crippen LogP contribution in [-0.2, 0) is 11.3 Å². The van der Waals surface area contributed by atoms with Crippen LogP contribution >= 0.6 is 35.6 Å². The Labute approximate surface area is 180 Å². The highest BCUT2D eigenvalue weighted by atomic mass is 35.5. The molecule has 0 unspecified atom stereocenters. The van der Waals surface area contributed by atoms with Gasteiger partial charge in [0, 0.05) is 17.0 Å². The van der Waals surface area contributed by atoms with E-state index in [2.05, 4.69) is 4.98 Å². The summed E-state index contributed by atoms with van der Waals surface area (Å²) >= 11 is 13.0. The summed E-state index contributed by atoms with van der Waals surface area (Å²) in [5.74, 6) is 1.80. The Morgan fingerprint density at radius 1 is 1.24 bits per heavy atom. The largest absolute Gasteiger partial charge is 0.486 e. The van der Waals surface area contributed by atoms with Crippen molar-refractivity contribution in [1.29, 1.82) is 0 Å². The molecule has 146 valence electrons. The highest BCUT2D eigenvalue weighted by molar-refractivity contribution is 8.26. The number of nitrogens with zero attached hydrogens (tertiary/aromatic N) is 2. The van der Waals surface area contributed by atoms with Gasteiger partial charge in [0.2, 0.25) is 0 Å². The van der Waals surface area contributed by atoms with Crippen molar-refractivity contribution >= 4 is 62.8 Å². The normalized spacial score (nSPS) is 17.6. The molecule has 2 aromatic heterocycles. The second kappa shape index (κ2) is 7.37.